The second-order valence-electron chi connectivity index (χ2n) is 7.40. The highest BCUT2D eigenvalue weighted by Gasteiger charge is 2.22. The number of amides is 1. The Morgan fingerprint density at radius 1 is 1.06 bits per heavy atom. The molecule has 0 aliphatic carbocycles. The number of para-hydroxylation sites is 2. The van der Waals surface area contributed by atoms with Crippen molar-refractivity contribution in [2.24, 2.45) is 0 Å². The maximum Gasteiger partial charge on any atom is 0.266 e. The second kappa shape index (κ2) is 9.14. The van der Waals surface area contributed by atoms with Gasteiger partial charge in [-0.1, -0.05) is 53.7 Å². The number of thioether (sulfide) groups is 1. The summed E-state index contributed by atoms with van der Waals surface area (Å²) in [5.74, 6) is 0.158. The predicted octanol–water partition coefficient (Wildman–Crippen LogP) is 5.17. The van der Waals surface area contributed by atoms with Crippen molar-refractivity contribution in [1.29, 1.82) is 0 Å². The van der Waals surface area contributed by atoms with Gasteiger partial charge in [0.15, 0.2) is 5.16 Å². The van der Waals surface area contributed by atoms with Crippen molar-refractivity contribution in [3.63, 3.8) is 0 Å². The summed E-state index contributed by atoms with van der Waals surface area (Å²) in [7, 11) is 0. The number of carbonyl (C=O) groups excluding carboxylic acids is 1. The molecule has 0 bridgehead atoms. The molecule has 0 aliphatic heterocycles. The molecule has 162 valence electrons. The number of halogens is 1. The Kier molecular flexibility index (Phi) is 6.30. The smallest absolute Gasteiger partial charge is 0.266 e. The van der Waals surface area contributed by atoms with E-state index < -0.39 is 5.25 Å². The Morgan fingerprint density at radius 2 is 1.78 bits per heavy atom. The number of anilines is 1. The maximum absolute atomic E-state index is 13.5. The normalized spacial score (nSPS) is 12.0. The lowest BCUT2D eigenvalue weighted by atomic mass is 10.1. The first kappa shape index (κ1) is 22.0. The topological polar surface area (TPSA) is 76.9 Å². The number of hydrogen-bond acceptors (Lipinski definition) is 5. The van der Waals surface area contributed by atoms with Crippen LogP contribution in [0.3, 0.4) is 0 Å². The van der Waals surface area contributed by atoms with Crippen LogP contribution in [0.25, 0.3) is 16.6 Å². The van der Waals surface area contributed by atoms with E-state index in [9.17, 15) is 9.59 Å². The molecule has 0 aliphatic rings. The van der Waals surface area contributed by atoms with Gasteiger partial charge in [-0.15, -0.1) is 0 Å². The zero-order valence-electron chi connectivity index (χ0n) is 17.8. The zero-order chi connectivity index (χ0) is 22.8. The number of nitrogens with zero attached hydrogens (tertiary/aromatic N) is 3. The number of aromatic nitrogens is 3. The highest BCUT2D eigenvalue weighted by Crippen LogP contribution is 2.28. The summed E-state index contributed by atoms with van der Waals surface area (Å²) >= 11 is 7.09. The van der Waals surface area contributed by atoms with E-state index in [0.29, 0.717) is 26.9 Å². The molecule has 32 heavy (non-hydrogen) atoms. The van der Waals surface area contributed by atoms with Crippen LogP contribution < -0.4 is 10.9 Å². The van der Waals surface area contributed by atoms with Gasteiger partial charge < -0.3 is 5.32 Å². The molecule has 2 aromatic carbocycles. The molecule has 0 saturated carbocycles. The summed E-state index contributed by atoms with van der Waals surface area (Å²) in [6.07, 6.45) is 1.47. The summed E-state index contributed by atoms with van der Waals surface area (Å²) in [5, 5.41) is 3.72. The number of hydrogen-bond donors (Lipinski definition) is 1. The largest absolute Gasteiger partial charge is 0.310 e. The van der Waals surface area contributed by atoms with E-state index in [1.165, 1.54) is 18.0 Å². The summed E-state index contributed by atoms with van der Waals surface area (Å²) in [6.45, 7) is 5.69. The van der Waals surface area contributed by atoms with E-state index in [1.54, 1.807) is 35.8 Å². The Hall–Kier alpha value is -3.16. The monoisotopic (exact) mass is 464 g/mol. The third-order valence-corrected chi connectivity index (χ3v) is 6.31. The van der Waals surface area contributed by atoms with Gasteiger partial charge in [-0.2, -0.15) is 0 Å². The Morgan fingerprint density at radius 3 is 2.47 bits per heavy atom. The van der Waals surface area contributed by atoms with Crippen molar-refractivity contribution in [3.8, 4) is 5.69 Å². The summed E-state index contributed by atoms with van der Waals surface area (Å²) in [5.41, 5.74) is 3.11. The van der Waals surface area contributed by atoms with Crippen molar-refractivity contribution in [3.05, 3.63) is 87.3 Å². The van der Waals surface area contributed by atoms with Crippen LogP contribution in [-0.2, 0) is 4.79 Å². The molecule has 0 saturated heterocycles. The van der Waals surface area contributed by atoms with Crippen molar-refractivity contribution >= 4 is 46.0 Å². The molecule has 4 aromatic rings. The first-order valence-electron chi connectivity index (χ1n) is 10.0. The minimum absolute atomic E-state index is 0.164. The lowest BCUT2D eigenvalue weighted by molar-refractivity contribution is -0.115. The standard InChI is InChI=1S/C24H21ClN4O2S/c1-14-7-6-8-15(2)21(14)29-23(31)18-9-4-5-10-19(18)27-24(29)32-16(3)22(30)28-20-12-11-17(25)13-26-20/h4-13,16H,1-3H3,(H,26,28,30)/t16-/m1/s1. The predicted molar refractivity (Wildman–Crippen MR) is 130 cm³/mol. The van der Waals surface area contributed by atoms with Crippen LogP contribution in [-0.4, -0.2) is 25.7 Å². The van der Waals surface area contributed by atoms with Crippen molar-refractivity contribution in [2.45, 2.75) is 31.2 Å². The number of pyridine rings is 1. The average molecular weight is 465 g/mol. The Labute approximate surface area is 194 Å². The lowest BCUT2D eigenvalue weighted by Gasteiger charge is -2.19. The van der Waals surface area contributed by atoms with Crippen molar-refractivity contribution in [1.82, 2.24) is 14.5 Å². The first-order chi connectivity index (χ1) is 15.3. The van der Waals surface area contributed by atoms with Gasteiger partial charge >= 0.3 is 0 Å². The van der Waals surface area contributed by atoms with Gasteiger partial charge in [-0.25, -0.2) is 9.97 Å². The number of carbonyl (C=O) groups is 1. The molecule has 2 aromatic heterocycles. The minimum atomic E-state index is -0.531. The molecule has 0 radical (unpaired) electrons. The highest BCUT2D eigenvalue weighted by atomic mass is 35.5. The van der Waals surface area contributed by atoms with Gasteiger partial charge in [0.05, 0.1) is 26.9 Å². The molecule has 0 fully saturated rings. The molecular formula is C24H21ClN4O2S. The summed E-state index contributed by atoms with van der Waals surface area (Å²) in [4.78, 5) is 35.2. The third kappa shape index (κ3) is 4.40. The molecule has 1 N–H and O–H groups in total. The van der Waals surface area contributed by atoms with Gasteiger partial charge in [0.25, 0.3) is 5.56 Å². The van der Waals surface area contributed by atoms with Crippen molar-refractivity contribution in [2.75, 3.05) is 5.32 Å². The van der Waals surface area contributed by atoms with Crippen LogP contribution in [0.5, 0.6) is 0 Å². The summed E-state index contributed by atoms with van der Waals surface area (Å²) < 4.78 is 1.61. The summed E-state index contributed by atoms with van der Waals surface area (Å²) in [6, 6.07) is 16.4. The van der Waals surface area contributed by atoms with Gasteiger partial charge in [0.2, 0.25) is 5.91 Å². The molecule has 0 unspecified atom stereocenters. The Bertz CT molecular complexity index is 1350. The van der Waals surface area contributed by atoms with Gasteiger partial charge in [-0.05, 0) is 56.2 Å². The number of benzene rings is 2. The van der Waals surface area contributed by atoms with E-state index >= 15 is 0 Å². The number of aryl methyl sites for hydroxylation is 2. The SMILES string of the molecule is Cc1cccc(C)c1-n1c(S[C@H](C)C(=O)Nc2ccc(Cl)cn2)nc2ccccc2c1=O. The lowest BCUT2D eigenvalue weighted by Crippen LogP contribution is -2.27. The van der Waals surface area contributed by atoms with Crippen LogP contribution in [0.4, 0.5) is 5.82 Å². The molecule has 1 atom stereocenters. The van der Waals surface area contributed by atoms with Crippen LogP contribution >= 0.6 is 23.4 Å². The third-order valence-electron chi connectivity index (χ3n) is 5.04. The van der Waals surface area contributed by atoms with E-state index in [2.05, 4.69) is 10.3 Å². The quantitative estimate of drug-likeness (QED) is 0.325. The van der Waals surface area contributed by atoms with Gasteiger partial charge in [0, 0.05) is 6.20 Å². The Balaban J connectivity index is 1.76. The van der Waals surface area contributed by atoms with E-state index in [-0.39, 0.29) is 11.5 Å². The molecule has 8 heteroatoms. The fourth-order valence-corrected chi connectivity index (χ4v) is 4.46. The molecule has 0 spiro atoms. The molecule has 1 amide bonds. The fourth-order valence-electron chi connectivity index (χ4n) is 3.44. The molecule has 6 nitrogen and oxygen atoms in total. The van der Waals surface area contributed by atoms with Gasteiger partial charge in [-0.3, -0.25) is 14.2 Å². The van der Waals surface area contributed by atoms with Gasteiger partial charge in [0.1, 0.15) is 5.82 Å². The van der Waals surface area contributed by atoms with Crippen LogP contribution in [0.15, 0.2) is 70.7 Å². The molecule has 2 heterocycles. The fraction of sp³-hybridized carbons (Fsp3) is 0.167. The number of rotatable bonds is 5. The average Bonchev–Trinajstić information content (AvgIpc) is 2.77. The van der Waals surface area contributed by atoms with E-state index in [4.69, 9.17) is 16.6 Å². The number of nitrogens with one attached hydrogen (secondary N) is 1. The van der Waals surface area contributed by atoms with Crippen LogP contribution in [0.2, 0.25) is 5.02 Å². The molecule has 4 rings (SSSR count). The van der Waals surface area contributed by atoms with E-state index in [1.807, 2.05) is 44.2 Å². The minimum Gasteiger partial charge on any atom is -0.310 e. The van der Waals surface area contributed by atoms with Crippen LogP contribution in [0.1, 0.15) is 18.1 Å². The highest BCUT2D eigenvalue weighted by molar-refractivity contribution is 8.00. The van der Waals surface area contributed by atoms with E-state index in [0.717, 1.165) is 16.8 Å². The van der Waals surface area contributed by atoms with Crippen molar-refractivity contribution < 1.29 is 4.79 Å². The van der Waals surface area contributed by atoms with Crippen LogP contribution in [0, 0.1) is 13.8 Å². The maximum atomic E-state index is 13.5. The molecular weight excluding hydrogens is 444 g/mol. The number of fused-ring (bicyclic) bond motifs is 1. The second-order valence-corrected chi connectivity index (χ2v) is 9.15. The first-order valence-corrected chi connectivity index (χ1v) is 11.3. The zero-order valence-corrected chi connectivity index (χ0v) is 19.4.